The quantitative estimate of drug-likeness (QED) is 0.784. The monoisotopic (exact) mass is 259 g/mol. The van der Waals surface area contributed by atoms with Crippen molar-refractivity contribution in [3.05, 3.63) is 36.7 Å². The summed E-state index contributed by atoms with van der Waals surface area (Å²) in [7, 11) is 0. The lowest BCUT2D eigenvalue weighted by atomic mass is 10.1. The zero-order valence-corrected chi connectivity index (χ0v) is 10.3. The summed E-state index contributed by atoms with van der Waals surface area (Å²) in [6.45, 7) is 1.40. The molecule has 2 rings (SSSR count). The molecule has 0 fully saturated rings. The van der Waals surface area contributed by atoms with Crippen LogP contribution in [0.4, 0.5) is 10.5 Å². The topological polar surface area (TPSA) is 91.3 Å². The molecule has 98 valence electrons. The molecule has 2 amide bonds. The Kier molecular flexibility index (Phi) is 3.61. The van der Waals surface area contributed by atoms with Gasteiger partial charge in [0.1, 0.15) is 6.04 Å². The number of nitrogens with zero attached hydrogens (tertiary/aromatic N) is 1. The van der Waals surface area contributed by atoms with Crippen LogP contribution < -0.4 is 10.6 Å². The second-order valence-corrected chi connectivity index (χ2v) is 4.06. The van der Waals surface area contributed by atoms with Crippen LogP contribution in [0.15, 0.2) is 36.7 Å². The van der Waals surface area contributed by atoms with E-state index in [0.717, 1.165) is 10.8 Å². The number of carbonyl (C=O) groups excluding carboxylic acids is 1. The minimum atomic E-state index is -1.09. The number of fused-ring (bicyclic) bond motifs is 1. The van der Waals surface area contributed by atoms with Crippen LogP contribution in [-0.4, -0.2) is 28.1 Å². The molecule has 6 nitrogen and oxygen atoms in total. The van der Waals surface area contributed by atoms with E-state index in [1.54, 1.807) is 30.6 Å². The maximum absolute atomic E-state index is 11.7. The van der Waals surface area contributed by atoms with Crippen molar-refractivity contribution in [1.82, 2.24) is 10.3 Å². The highest BCUT2D eigenvalue weighted by Gasteiger charge is 2.14. The van der Waals surface area contributed by atoms with Crippen molar-refractivity contribution in [2.75, 3.05) is 5.32 Å². The van der Waals surface area contributed by atoms with Crippen molar-refractivity contribution < 1.29 is 14.7 Å². The maximum atomic E-state index is 11.7. The third kappa shape index (κ3) is 2.98. The molecular formula is C13H13N3O3. The molecule has 0 aliphatic carbocycles. The highest BCUT2D eigenvalue weighted by atomic mass is 16.4. The summed E-state index contributed by atoms with van der Waals surface area (Å²) < 4.78 is 0. The first-order valence-electron chi connectivity index (χ1n) is 5.71. The molecule has 1 aromatic carbocycles. The normalized spacial score (nSPS) is 11.8. The Hall–Kier alpha value is -2.63. The molecule has 19 heavy (non-hydrogen) atoms. The molecule has 1 atom stereocenters. The number of aliphatic carboxylic acids is 1. The van der Waals surface area contributed by atoms with Gasteiger partial charge in [-0.2, -0.15) is 0 Å². The van der Waals surface area contributed by atoms with Crippen LogP contribution >= 0.6 is 0 Å². The van der Waals surface area contributed by atoms with E-state index in [9.17, 15) is 9.59 Å². The molecule has 0 saturated carbocycles. The van der Waals surface area contributed by atoms with Gasteiger partial charge >= 0.3 is 12.0 Å². The van der Waals surface area contributed by atoms with Gasteiger partial charge in [0.15, 0.2) is 0 Å². The number of aromatic nitrogens is 1. The number of carboxylic acid groups (broad SMARTS) is 1. The van der Waals surface area contributed by atoms with Crippen LogP contribution in [0.3, 0.4) is 0 Å². The van der Waals surface area contributed by atoms with Gasteiger partial charge in [0, 0.05) is 23.2 Å². The minimum Gasteiger partial charge on any atom is -0.480 e. The van der Waals surface area contributed by atoms with Gasteiger partial charge in [-0.05, 0) is 19.1 Å². The van der Waals surface area contributed by atoms with Gasteiger partial charge in [0.25, 0.3) is 0 Å². The Morgan fingerprint density at radius 3 is 2.84 bits per heavy atom. The van der Waals surface area contributed by atoms with Crippen LogP contribution in [0.5, 0.6) is 0 Å². The minimum absolute atomic E-state index is 0.556. The summed E-state index contributed by atoms with van der Waals surface area (Å²) in [5.41, 5.74) is 0.606. The Bertz CT molecular complexity index is 622. The smallest absolute Gasteiger partial charge is 0.325 e. The lowest BCUT2D eigenvalue weighted by Gasteiger charge is -2.12. The lowest BCUT2D eigenvalue weighted by Crippen LogP contribution is -2.40. The number of benzene rings is 1. The van der Waals surface area contributed by atoms with Gasteiger partial charge in [-0.15, -0.1) is 0 Å². The van der Waals surface area contributed by atoms with Crippen molar-refractivity contribution in [1.29, 1.82) is 0 Å². The van der Waals surface area contributed by atoms with Crippen molar-refractivity contribution in [3.63, 3.8) is 0 Å². The second kappa shape index (κ2) is 5.34. The molecule has 6 heteroatoms. The summed E-state index contributed by atoms with van der Waals surface area (Å²) in [6.07, 6.45) is 3.32. The number of carboxylic acids is 1. The summed E-state index contributed by atoms with van der Waals surface area (Å²) in [5, 5.41) is 15.4. The molecule has 0 bridgehead atoms. The standard InChI is InChI=1S/C13H13N3O3/c1-8(12(17)18)15-13(19)16-11-4-2-3-9-7-14-6-5-10(9)11/h2-8H,1H3,(H,17,18)(H2,15,16,19)/t8-/m1/s1. The molecule has 0 saturated heterocycles. The molecule has 0 unspecified atom stereocenters. The Balaban J connectivity index is 2.17. The Morgan fingerprint density at radius 1 is 1.32 bits per heavy atom. The maximum Gasteiger partial charge on any atom is 0.325 e. The summed E-state index contributed by atoms with van der Waals surface area (Å²) >= 11 is 0. The van der Waals surface area contributed by atoms with E-state index in [1.807, 2.05) is 6.07 Å². The molecule has 0 spiro atoms. The number of anilines is 1. The van der Waals surface area contributed by atoms with E-state index in [-0.39, 0.29) is 0 Å². The van der Waals surface area contributed by atoms with Crippen LogP contribution in [0, 0.1) is 0 Å². The predicted octanol–water partition coefficient (Wildman–Crippen LogP) is 1.83. The van der Waals surface area contributed by atoms with E-state index in [4.69, 9.17) is 5.11 Å². The number of rotatable bonds is 3. The number of carbonyl (C=O) groups is 2. The average Bonchev–Trinajstić information content (AvgIpc) is 2.39. The highest BCUT2D eigenvalue weighted by molar-refractivity contribution is 6.01. The number of nitrogens with one attached hydrogen (secondary N) is 2. The van der Waals surface area contributed by atoms with Crippen LogP contribution in [-0.2, 0) is 4.79 Å². The fourth-order valence-corrected chi connectivity index (χ4v) is 1.65. The third-order valence-electron chi connectivity index (χ3n) is 2.65. The summed E-state index contributed by atoms with van der Waals surface area (Å²) in [5.74, 6) is -1.09. The number of amides is 2. The molecule has 0 radical (unpaired) electrons. The van der Waals surface area contributed by atoms with Gasteiger partial charge in [-0.1, -0.05) is 12.1 Å². The zero-order valence-electron chi connectivity index (χ0n) is 10.3. The first-order chi connectivity index (χ1) is 9.08. The Morgan fingerprint density at radius 2 is 2.11 bits per heavy atom. The van der Waals surface area contributed by atoms with Gasteiger partial charge in [0.2, 0.25) is 0 Å². The van der Waals surface area contributed by atoms with Gasteiger partial charge < -0.3 is 15.7 Å². The number of pyridine rings is 1. The van der Waals surface area contributed by atoms with Gasteiger partial charge in [-0.25, -0.2) is 4.79 Å². The summed E-state index contributed by atoms with van der Waals surface area (Å²) in [4.78, 5) is 26.3. The van der Waals surface area contributed by atoms with Crippen molar-refractivity contribution in [2.45, 2.75) is 13.0 Å². The average molecular weight is 259 g/mol. The number of hydrogen-bond acceptors (Lipinski definition) is 3. The molecule has 1 aromatic heterocycles. The molecule has 0 aliphatic heterocycles. The second-order valence-electron chi connectivity index (χ2n) is 4.06. The lowest BCUT2D eigenvalue weighted by molar-refractivity contribution is -0.138. The predicted molar refractivity (Wildman–Crippen MR) is 71.0 cm³/mol. The third-order valence-corrected chi connectivity index (χ3v) is 2.65. The molecular weight excluding hydrogens is 246 g/mol. The molecule has 1 heterocycles. The zero-order chi connectivity index (χ0) is 13.8. The van der Waals surface area contributed by atoms with Crippen molar-refractivity contribution in [2.24, 2.45) is 0 Å². The fourth-order valence-electron chi connectivity index (χ4n) is 1.65. The van der Waals surface area contributed by atoms with E-state index in [2.05, 4.69) is 15.6 Å². The van der Waals surface area contributed by atoms with E-state index >= 15 is 0 Å². The molecule has 2 aromatic rings. The van der Waals surface area contributed by atoms with E-state index in [0.29, 0.717) is 5.69 Å². The first-order valence-corrected chi connectivity index (χ1v) is 5.71. The molecule has 3 N–H and O–H groups in total. The fraction of sp³-hybridized carbons (Fsp3) is 0.154. The van der Waals surface area contributed by atoms with Crippen molar-refractivity contribution in [3.8, 4) is 0 Å². The number of urea groups is 1. The molecule has 0 aliphatic rings. The largest absolute Gasteiger partial charge is 0.480 e. The van der Waals surface area contributed by atoms with Gasteiger partial charge in [0.05, 0.1) is 5.69 Å². The van der Waals surface area contributed by atoms with E-state index < -0.39 is 18.0 Å². The van der Waals surface area contributed by atoms with Crippen LogP contribution in [0.2, 0.25) is 0 Å². The highest BCUT2D eigenvalue weighted by Crippen LogP contribution is 2.21. The summed E-state index contributed by atoms with van der Waals surface area (Å²) in [6, 6.07) is 5.70. The first kappa shape index (κ1) is 12.8. The van der Waals surface area contributed by atoms with Crippen LogP contribution in [0.25, 0.3) is 10.8 Å². The SMILES string of the molecule is C[C@@H](NC(=O)Nc1cccc2cnccc12)C(=O)O. The number of hydrogen-bond donors (Lipinski definition) is 3. The van der Waals surface area contributed by atoms with Gasteiger partial charge in [-0.3, -0.25) is 9.78 Å². The van der Waals surface area contributed by atoms with Crippen LogP contribution in [0.1, 0.15) is 6.92 Å². The Labute approximate surface area is 109 Å². The van der Waals surface area contributed by atoms with Crippen molar-refractivity contribution >= 4 is 28.5 Å². The van der Waals surface area contributed by atoms with E-state index in [1.165, 1.54) is 6.92 Å².